The van der Waals surface area contributed by atoms with Gasteiger partial charge in [0.1, 0.15) is 5.72 Å². The second-order valence-corrected chi connectivity index (χ2v) is 6.40. The Morgan fingerprint density at radius 3 is 2.53 bits per heavy atom. The van der Waals surface area contributed by atoms with Gasteiger partial charge in [0, 0.05) is 37.5 Å². The third kappa shape index (κ3) is 2.38. The summed E-state index contributed by atoms with van der Waals surface area (Å²) in [6.07, 6.45) is 7.53. The maximum Gasteiger partial charge on any atom is 0.122 e. The molecule has 17 heavy (non-hydrogen) atoms. The van der Waals surface area contributed by atoms with Crippen molar-refractivity contribution in [2.24, 2.45) is 0 Å². The molecular formula is C14H26N2O. The Kier molecular flexibility index (Phi) is 2.96. The molecule has 1 spiro atoms. The molecule has 0 aromatic heterocycles. The van der Waals surface area contributed by atoms with E-state index in [1.54, 1.807) is 0 Å². The number of piperidine rings is 1. The standard InChI is InChI=1S/C14H26N2O/c1-3-13(2)8-11-17-14(15-13)6-9-16(10-7-14)12-4-5-12/h12,15H,3-11H2,1-2H3. The molecule has 3 nitrogen and oxygen atoms in total. The molecule has 1 aliphatic carbocycles. The Morgan fingerprint density at radius 1 is 1.24 bits per heavy atom. The van der Waals surface area contributed by atoms with E-state index < -0.39 is 0 Å². The third-order valence-corrected chi connectivity index (χ3v) is 5.01. The summed E-state index contributed by atoms with van der Waals surface area (Å²) in [6.45, 7) is 8.01. The van der Waals surface area contributed by atoms with Gasteiger partial charge in [-0.15, -0.1) is 0 Å². The SMILES string of the molecule is CCC1(C)CCOC2(CCN(C3CC3)CC2)N1. The Balaban J connectivity index is 1.62. The monoisotopic (exact) mass is 238 g/mol. The van der Waals surface area contributed by atoms with Crippen molar-refractivity contribution in [2.45, 2.75) is 69.7 Å². The van der Waals surface area contributed by atoms with Crippen LogP contribution in [0.25, 0.3) is 0 Å². The van der Waals surface area contributed by atoms with Crippen LogP contribution in [-0.4, -0.2) is 41.9 Å². The third-order valence-electron chi connectivity index (χ3n) is 5.01. The minimum atomic E-state index is -0.00556. The lowest BCUT2D eigenvalue weighted by molar-refractivity contribution is -0.157. The molecule has 3 fully saturated rings. The van der Waals surface area contributed by atoms with Crippen LogP contribution < -0.4 is 5.32 Å². The smallest absolute Gasteiger partial charge is 0.122 e. The Bertz CT molecular complexity index is 282. The first kappa shape index (κ1) is 11.9. The van der Waals surface area contributed by atoms with Crippen molar-refractivity contribution in [2.75, 3.05) is 19.7 Å². The van der Waals surface area contributed by atoms with Crippen molar-refractivity contribution in [3.8, 4) is 0 Å². The van der Waals surface area contributed by atoms with E-state index in [2.05, 4.69) is 24.1 Å². The van der Waals surface area contributed by atoms with Gasteiger partial charge in [-0.1, -0.05) is 6.92 Å². The molecule has 0 bridgehead atoms. The lowest BCUT2D eigenvalue weighted by Gasteiger charge is -2.51. The quantitative estimate of drug-likeness (QED) is 0.797. The van der Waals surface area contributed by atoms with Gasteiger partial charge in [-0.05, 0) is 32.6 Å². The van der Waals surface area contributed by atoms with Crippen LogP contribution in [0.15, 0.2) is 0 Å². The van der Waals surface area contributed by atoms with Crippen molar-refractivity contribution < 1.29 is 4.74 Å². The van der Waals surface area contributed by atoms with Crippen LogP contribution in [-0.2, 0) is 4.74 Å². The summed E-state index contributed by atoms with van der Waals surface area (Å²) in [4.78, 5) is 2.66. The van der Waals surface area contributed by atoms with Crippen LogP contribution in [0.2, 0.25) is 0 Å². The molecule has 3 heteroatoms. The molecule has 0 amide bonds. The average Bonchev–Trinajstić information content (AvgIpc) is 3.14. The summed E-state index contributed by atoms with van der Waals surface area (Å²) in [5.74, 6) is 0. The molecule has 2 aliphatic heterocycles. The number of rotatable bonds is 2. The molecule has 1 saturated carbocycles. The summed E-state index contributed by atoms with van der Waals surface area (Å²) in [5.41, 5.74) is 0.286. The van der Waals surface area contributed by atoms with E-state index in [1.807, 2.05) is 0 Å². The average molecular weight is 238 g/mol. The molecule has 0 aromatic rings. The fourth-order valence-corrected chi connectivity index (χ4v) is 3.34. The van der Waals surface area contributed by atoms with Crippen molar-refractivity contribution in [1.29, 1.82) is 0 Å². The van der Waals surface area contributed by atoms with Crippen molar-refractivity contribution in [3.05, 3.63) is 0 Å². The molecule has 1 N–H and O–H groups in total. The number of hydrogen-bond acceptors (Lipinski definition) is 3. The first-order valence-corrected chi connectivity index (χ1v) is 7.32. The summed E-state index contributed by atoms with van der Waals surface area (Å²) in [6, 6.07) is 0.911. The Labute approximate surface area is 105 Å². The molecule has 0 radical (unpaired) electrons. The first-order valence-electron chi connectivity index (χ1n) is 7.32. The minimum Gasteiger partial charge on any atom is -0.360 e. The molecule has 2 heterocycles. The van der Waals surface area contributed by atoms with Gasteiger partial charge < -0.3 is 9.64 Å². The van der Waals surface area contributed by atoms with Crippen LogP contribution >= 0.6 is 0 Å². The highest BCUT2D eigenvalue weighted by Gasteiger charge is 2.45. The van der Waals surface area contributed by atoms with Crippen molar-refractivity contribution in [3.63, 3.8) is 0 Å². The van der Waals surface area contributed by atoms with Crippen molar-refractivity contribution in [1.82, 2.24) is 10.2 Å². The Morgan fingerprint density at radius 2 is 1.94 bits per heavy atom. The molecule has 3 rings (SSSR count). The number of nitrogens with one attached hydrogen (secondary N) is 1. The van der Waals surface area contributed by atoms with Gasteiger partial charge in [-0.3, -0.25) is 5.32 Å². The van der Waals surface area contributed by atoms with Crippen LogP contribution in [0.5, 0.6) is 0 Å². The highest BCUT2D eigenvalue weighted by molar-refractivity contribution is 4.98. The zero-order valence-corrected chi connectivity index (χ0v) is 11.3. The number of nitrogens with zero attached hydrogens (tertiary/aromatic N) is 1. The fourth-order valence-electron chi connectivity index (χ4n) is 3.34. The fraction of sp³-hybridized carbons (Fsp3) is 1.00. The van der Waals surface area contributed by atoms with Gasteiger partial charge >= 0.3 is 0 Å². The Hall–Kier alpha value is -0.120. The lowest BCUT2D eigenvalue weighted by Crippen LogP contribution is -2.65. The number of ether oxygens (including phenoxy) is 1. The molecule has 98 valence electrons. The van der Waals surface area contributed by atoms with E-state index in [9.17, 15) is 0 Å². The zero-order chi connectivity index (χ0) is 11.9. The molecular weight excluding hydrogens is 212 g/mol. The van der Waals surface area contributed by atoms with E-state index in [0.717, 1.165) is 19.1 Å². The highest BCUT2D eigenvalue weighted by atomic mass is 16.5. The second-order valence-electron chi connectivity index (χ2n) is 6.40. The lowest BCUT2D eigenvalue weighted by atomic mass is 9.87. The van der Waals surface area contributed by atoms with E-state index in [-0.39, 0.29) is 5.72 Å². The molecule has 1 unspecified atom stereocenters. The van der Waals surface area contributed by atoms with Gasteiger partial charge in [0.15, 0.2) is 0 Å². The first-order chi connectivity index (χ1) is 8.15. The largest absolute Gasteiger partial charge is 0.360 e. The predicted molar refractivity (Wildman–Crippen MR) is 69.0 cm³/mol. The van der Waals surface area contributed by atoms with Gasteiger partial charge in [0.25, 0.3) is 0 Å². The predicted octanol–water partition coefficient (Wildman–Crippen LogP) is 2.12. The van der Waals surface area contributed by atoms with Gasteiger partial charge in [-0.2, -0.15) is 0 Å². The van der Waals surface area contributed by atoms with Crippen LogP contribution in [0.1, 0.15) is 52.4 Å². The number of likely N-dealkylation sites (tertiary alicyclic amines) is 1. The van der Waals surface area contributed by atoms with E-state index in [1.165, 1.54) is 45.2 Å². The van der Waals surface area contributed by atoms with Crippen LogP contribution in [0.4, 0.5) is 0 Å². The zero-order valence-electron chi connectivity index (χ0n) is 11.3. The van der Waals surface area contributed by atoms with Gasteiger partial charge in [-0.25, -0.2) is 0 Å². The normalized spacial score (nSPS) is 38.5. The van der Waals surface area contributed by atoms with E-state index in [0.29, 0.717) is 5.54 Å². The molecule has 1 atom stereocenters. The summed E-state index contributed by atoms with van der Waals surface area (Å²) < 4.78 is 6.11. The minimum absolute atomic E-state index is 0.00556. The number of hydrogen-bond donors (Lipinski definition) is 1. The van der Waals surface area contributed by atoms with E-state index in [4.69, 9.17) is 4.74 Å². The highest BCUT2D eigenvalue weighted by Crippen LogP contribution is 2.36. The van der Waals surface area contributed by atoms with E-state index >= 15 is 0 Å². The maximum atomic E-state index is 6.11. The van der Waals surface area contributed by atoms with Gasteiger partial charge in [0.2, 0.25) is 0 Å². The molecule has 3 aliphatic rings. The van der Waals surface area contributed by atoms with Crippen LogP contribution in [0.3, 0.4) is 0 Å². The van der Waals surface area contributed by atoms with Gasteiger partial charge in [0.05, 0.1) is 6.61 Å². The summed E-state index contributed by atoms with van der Waals surface area (Å²) in [5, 5.41) is 3.83. The topological polar surface area (TPSA) is 24.5 Å². The summed E-state index contributed by atoms with van der Waals surface area (Å²) in [7, 11) is 0. The maximum absolute atomic E-state index is 6.11. The second kappa shape index (κ2) is 4.22. The molecule has 2 saturated heterocycles. The van der Waals surface area contributed by atoms with Crippen LogP contribution in [0, 0.1) is 0 Å². The summed E-state index contributed by atoms with van der Waals surface area (Å²) >= 11 is 0. The molecule has 0 aromatic carbocycles. The van der Waals surface area contributed by atoms with Crippen molar-refractivity contribution >= 4 is 0 Å².